The van der Waals surface area contributed by atoms with E-state index in [1.165, 1.54) is 12.8 Å². The van der Waals surface area contributed by atoms with Crippen molar-refractivity contribution in [3.63, 3.8) is 0 Å². The van der Waals surface area contributed by atoms with Gasteiger partial charge in [0, 0.05) is 39.4 Å². The van der Waals surface area contributed by atoms with E-state index in [9.17, 15) is 4.79 Å². The van der Waals surface area contributed by atoms with E-state index in [2.05, 4.69) is 25.5 Å². The van der Waals surface area contributed by atoms with Gasteiger partial charge in [0.25, 0.3) is 5.91 Å². The lowest BCUT2D eigenvalue weighted by Crippen LogP contribution is -2.29. The van der Waals surface area contributed by atoms with Crippen LogP contribution in [-0.2, 0) is 11.3 Å². The van der Waals surface area contributed by atoms with Crippen LogP contribution in [0.3, 0.4) is 0 Å². The van der Waals surface area contributed by atoms with Crippen molar-refractivity contribution < 1.29 is 9.53 Å². The first kappa shape index (κ1) is 17.0. The molecule has 1 aliphatic heterocycles. The number of hydrogen-bond donors (Lipinski definition) is 2. The summed E-state index contributed by atoms with van der Waals surface area (Å²) >= 11 is 0. The van der Waals surface area contributed by atoms with E-state index in [1.807, 2.05) is 24.1 Å². The number of carbonyl (C=O) groups excluding carboxylic acids is 1. The van der Waals surface area contributed by atoms with Gasteiger partial charge in [-0.05, 0) is 36.8 Å². The number of anilines is 1. The Labute approximate surface area is 152 Å². The SMILES string of the molecule is CNc1ccc(C(=O)N2C[C@H](c3n[nH]c(COC)n3)[C@@H](C3CC3)C2)cn1. The number of H-pyrrole nitrogens is 1. The lowest BCUT2D eigenvalue weighted by molar-refractivity contribution is 0.0784. The summed E-state index contributed by atoms with van der Waals surface area (Å²) in [5.41, 5.74) is 0.620. The number of aromatic nitrogens is 4. The number of nitrogens with zero attached hydrogens (tertiary/aromatic N) is 4. The molecule has 2 atom stereocenters. The number of methoxy groups -OCH3 is 1. The highest BCUT2D eigenvalue weighted by atomic mass is 16.5. The molecule has 26 heavy (non-hydrogen) atoms. The Hall–Kier alpha value is -2.48. The Morgan fingerprint density at radius 1 is 1.38 bits per heavy atom. The smallest absolute Gasteiger partial charge is 0.255 e. The zero-order chi connectivity index (χ0) is 18.1. The Balaban J connectivity index is 1.52. The number of pyridine rings is 1. The second-order valence-corrected chi connectivity index (χ2v) is 7.07. The van der Waals surface area contributed by atoms with Crippen LogP contribution in [0.15, 0.2) is 18.3 Å². The predicted molar refractivity (Wildman–Crippen MR) is 95.7 cm³/mol. The summed E-state index contributed by atoms with van der Waals surface area (Å²) in [7, 11) is 3.45. The fraction of sp³-hybridized carbons (Fsp3) is 0.556. The molecule has 0 aromatic carbocycles. The summed E-state index contributed by atoms with van der Waals surface area (Å²) in [5, 5.41) is 10.3. The number of carbonyl (C=O) groups is 1. The minimum atomic E-state index is 0.0287. The molecule has 8 heteroatoms. The van der Waals surface area contributed by atoms with Crippen molar-refractivity contribution in [3.8, 4) is 0 Å². The summed E-state index contributed by atoms with van der Waals surface area (Å²) in [6.07, 6.45) is 4.10. The summed E-state index contributed by atoms with van der Waals surface area (Å²) in [6, 6.07) is 3.65. The van der Waals surface area contributed by atoms with Gasteiger partial charge < -0.3 is 15.0 Å². The number of aromatic amines is 1. The number of nitrogens with one attached hydrogen (secondary N) is 2. The van der Waals surface area contributed by atoms with Gasteiger partial charge >= 0.3 is 0 Å². The Bertz CT molecular complexity index is 770. The van der Waals surface area contributed by atoms with Crippen LogP contribution in [0.1, 0.15) is 40.8 Å². The summed E-state index contributed by atoms with van der Waals surface area (Å²) < 4.78 is 5.12. The maximum absolute atomic E-state index is 12.9. The molecule has 2 N–H and O–H groups in total. The number of amides is 1. The summed E-state index contributed by atoms with van der Waals surface area (Å²) in [5.74, 6) is 3.59. The molecule has 138 valence electrons. The highest BCUT2D eigenvalue weighted by Gasteiger charge is 2.46. The number of rotatable bonds is 6. The van der Waals surface area contributed by atoms with Crippen molar-refractivity contribution >= 4 is 11.7 Å². The Morgan fingerprint density at radius 2 is 2.23 bits per heavy atom. The molecule has 0 radical (unpaired) electrons. The lowest BCUT2D eigenvalue weighted by atomic mass is 9.91. The molecule has 2 aromatic heterocycles. The van der Waals surface area contributed by atoms with Gasteiger partial charge in [0.15, 0.2) is 11.6 Å². The van der Waals surface area contributed by atoms with E-state index in [-0.39, 0.29) is 11.8 Å². The molecule has 1 aliphatic carbocycles. The third-order valence-corrected chi connectivity index (χ3v) is 5.31. The molecule has 2 aliphatic rings. The van der Waals surface area contributed by atoms with Crippen LogP contribution < -0.4 is 5.32 Å². The summed E-state index contributed by atoms with van der Waals surface area (Å²) in [4.78, 5) is 23.7. The highest BCUT2D eigenvalue weighted by Crippen LogP contribution is 2.47. The van der Waals surface area contributed by atoms with Gasteiger partial charge in [-0.1, -0.05) is 0 Å². The molecule has 3 heterocycles. The van der Waals surface area contributed by atoms with E-state index >= 15 is 0 Å². The predicted octanol–water partition coefficient (Wildman–Crippen LogP) is 1.65. The molecular weight excluding hydrogens is 332 g/mol. The Kier molecular flexibility index (Phi) is 4.58. The molecule has 0 spiro atoms. The van der Waals surface area contributed by atoms with Crippen LogP contribution in [-0.4, -0.2) is 58.2 Å². The maximum Gasteiger partial charge on any atom is 0.255 e. The van der Waals surface area contributed by atoms with Gasteiger partial charge in [-0.25, -0.2) is 9.97 Å². The first-order valence-corrected chi connectivity index (χ1v) is 9.02. The first-order valence-electron chi connectivity index (χ1n) is 9.02. The number of likely N-dealkylation sites (tertiary alicyclic amines) is 1. The van der Waals surface area contributed by atoms with E-state index in [4.69, 9.17) is 4.74 Å². The molecule has 2 aromatic rings. The monoisotopic (exact) mass is 356 g/mol. The van der Waals surface area contributed by atoms with Crippen molar-refractivity contribution in [1.82, 2.24) is 25.1 Å². The standard InChI is InChI=1S/C18H24N6O2/c1-19-15-6-5-12(7-20-15)18(25)24-8-13(11-3-4-11)14(9-24)17-21-16(10-26-2)22-23-17/h5-7,11,13-14H,3-4,8-10H2,1-2H3,(H,19,20)(H,21,22,23)/t13-,14+/m1/s1. The third kappa shape index (κ3) is 3.29. The number of hydrogen-bond acceptors (Lipinski definition) is 6. The van der Waals surface area contributed by atoms with E-state index in [0.29, 0.717) is 30.6 Å². The van der Waals surface area contributed by atoms with Gasteiger partial charge in [0.05, 0.1) is 5.56 Å². The molecular formula is C18H24N6O2. The largest absolute Gasteiger partial charge is 0.377 e. The van der Waals surface area contributed by atoms with E-state index in [1.54, 1.807) is 13.3 Å². The Morgan fingerprint density at radius 3 is 2.88 bits per heavy atom. The average Bonchev–Trinajstić information content (AvgIpc) is 3.25. The zero-order valence-electron chi connectivity index (χ0n) is 15.1. The van der Waals surface area contributed by atoms with Gasteiger partial charge in [0.1, 0.15) is 12.4 Å². The first-order chi connectivity index (χ1) is 12.7. The lowest BCUT2D eigenvalue weighted by Gasteiger charge is -2.16. The summed E-state index contributed by atoms with van der Waals surface area (Å²) in [6.45, 7) is 1.83. The second-order valence-electron chi connectivity index (χ2n) is 7.07. The van der Waals surface area contributed by atoms with E-state index < -0.39 is 0 Å². The topological polar surface area (TPSA) is 96.0 Å². The maximum atomic E-state index is 12.9. The van der Waals surface area contributed by atoms with Crippen molar-refractivity contribution in [2.24, 2.45) is 11.8 Å². The van der Waals surface area contributed by atoms with E-state index in [0.717, 1.165) is 24.0 Å². The molecule has 8 nitrogen and oxygen atoms in total. The van der Waals surface area contributed by atoms with Crippen molar-refractivity contribution in [2.75, 3.05) is 32.6 Å². The van der Waals surface area contributed by atoms with Crippen LogP contribution >= 0.6 is 0 Å². The highest BCUT2D eigenvalue weighted by molar-refractivity contribution is 5.94. The van der Waals surface area contributed by atoms with Crippen molar-refractivity contribution in [3.05, 3.63) is 35.5 Å². The van der Waals surface area contributed by atoms with Crippen LogP contribution in [0.25, 0.3) is 0 Å². The molecule has 0 bridgehead atoms. The zero-order valence-corrected chi connectivity index (χ0v) is 15.1. The molecule has 2 fully saturated rings. The number of ether oxygens (including phenoxy) is 1. The minimum absolute atomic E-state index is 0.0287. The van der Waals surface area contributed by atoms with Crippen LogP contribution in [0, 0.1) is 11.8 Å². The normalized spacial score (nSPS) is 22.6. The molecule has 1 saturated carbocycles. The van der Waals surface area contributed by atoms with Gasteiger partial charge in [0.2, 0.25) is 0 Å². The minimum Gasteiger partial charge on any atom is -0.377 e. The quantitative estimate of drug-likeness (QED) is 0.817. The van der Waals surface area contributed by atoms with Crippen LogP contribution in [0.2, 0.25) is 0 Å². The van der Waals surface area contributed by atoms with Crippen LogP contribution in [0.5, 0.6) is 0 Å². The fourth-order valence-corrected chi connectivity index (χ4v) is 3.80. The second kappa shape index (κ2) is 7.03. The van der Waals surface area contributed by atoms with Gasteiger partial charge in [-0.3, -0.25) is 9.89 Å². The van der Waals surface area contributed by atoms with Crippen LogP contribution in [0.4, 0.5) is 5.82 Å². The molecule has 1 amide bonds. The van der Waals surface area contributed by atoms with Crippen molar-refractivity contribution in [2.45, 2.75) is 25.4 Å². The molecule has 4 rings (SSSR count). The average molecular weight is 356 g/mol. The third-order valence-electron chi connectivity index (χ3n) is 5.31. The van der Waals surface area contributed by atoms with Crippen molar-refractivity contribution in [1.29, 1.82) is 0 Å². The molecule has 1 saturated heterocycles. The van der Waals surface area contributed by atoms with Gasteiger partial charge in [-0.15, -0.1) is 0 Å². The fourth-order valence-electron chi connectivity index (χ4n) is 3.80. The van der Waals surface area contributed by atoms with Gasteiger partial charge in [-0.2, -0.15) is 5.10 Å². The molecule has 0 unspecified atom stereocenters.